The van der Waals surface area contributed by atoms with E-state index < -0.39 is 0 Å². The SMILES string of the molecule is Cc1cc(C(=O)NC(C)c2ncc[nH]2)no1. The minimum Gasteiger partial charge on any atom is -0.361 e. The topological polar surface area (TPSA) is 83.8 Å². The van der Waals surface area contributed by atoms with Gasteiger partial charge in [0, 0.05) is 18.5 Å². The van der Waals surface area contributed by atoms with Crippen molar-refractivity contribution < 1.29 is 9.32 Å². The van der Waals surface area contributed by atoms with E-state index in [1.807, 2.05) is 6.92 Å². The van der Waals surface area contributed by atoms with Crippen LogP contribution in [0.15, 0.2) is 23.0 Å². The summed E-state index contributed by atoms with van der Waals surface area (Å²) in [4.78, 5) is 18.7. The number of aromatic nitrogens is 3. The number of aryl methyl sites for hydroxylation is 1. The van der Waals surface area contributed by atoms with E-state index in [-0.39, 0.29) is 17.6 Å². The summed E-state index contributed by atoms with van der Waals surface area (Å²) in [5, 5.41) is 6.39. The van der Waals surface area contributed by atoms with Crippen LogP contribution in [0.2, 0.25) is 0 Å². The number of hydrogen-bond acceptors (Lipinski definition) is 4. The van der Waals surface area contributed by atoms with Crippen LogP contribution >= 0.6 is 0 Å². The van der Waals surface area contributed by atoms with Crippen molar-refractivity contribution in [1.82, 2.24) is 20.4 Å². The molecule has 0 bridgehead atoms. The Morgan fingerprint density at radius 2 is 2.44 bits per heavy atom. The molecule has 2 rings (SSSR count). The van der Waals surface area contributed by atoms with Crippen LogP contribution < -0.4 is 5.32 Å². The van der Waals surface area contributed by atoms with Gasteiger partial charge in [-0.05, 0) is 13.8 Å². The Bertz CT molecular complexity index is 475. The maximum absolute atomic E-state index is 11.7. The van der Waals surface area contributed by atoms with E-state index in [4.69, 9.17) is 4.52 Å². The molecule has 0 aliphatic heterocycles. The summed E-state index contributed by atoms with van der Waals surface area (Å²) >= 11 is 0. The minimum absolute atomic E-state index is 0.195. The Morgan fingerprint density at radius 3 is 3.00 bits per heavy atom. The molecule has 0 radical (unpaired) electrons. The maximum Gasteiger partial charge on any atom is 0.274 e. The zero-order valence-corrected chi connectivity index (χ0v) is 9.02. The Labute approximate surface area is 92.1 Å². The van der Waals surface area contributed by atoms with Gasteiger partial charge >= 0.3 is 0 Å². The molecule has 0 saturated carbocycles. The fourth-order valence-corrected chi connectivity index (χ4v) is 1.33. The van der Waals surface area contributed by atoms with Gasteiger partial charge in [0.25, 0.3) is 5.91 Å². The van der Waals surface area contributed by atoms with Crippen molar-refractivity contribution in [3.8, 4) is 0 Å². The highest BCUT2D eigenvalue weighted by Gasteiger charge is 2.15. The molecule has 84 valence electrons. The summed E-state index contributed by atoms with van der Waals surface area (Å²) < 4.78 is 4.82. The van der Waals surface area contributed by atoms with Gasteiger partial charge in [-0.3, -0.25) is 4.79 Å². The van der Waals surface area contributed by atoms with Crippen LogP contribution in [0, 0.1) is 6.92 Å². The molecule has 1 atom stereocenters. The summed E-state index contributed by atoms with van der Waals surface area (Å²) in [5.74, 6) is 1.03. The molecule has 1 unspecified atom stereocenters. The lowest BCUT2D eigenvalue weighted by Gasteiger charge is -2.09. The second-order valence-electron chi connectivity index (χ2n) is 3.49. The number of rotatable bonds is 3. The number of imidazole rings is 1. The first kappa shape index (κ1) is 10.4. The van der Waals surface area contributed by atoms with Crippen LogP contribution in [0.5, 0.6) is 0 Å². The van der Waals surface area contributed by atoms with Gasteiger partial charge in [0.05, 0.1) is 6.04 Å². The molecule has 6 nitrogen and oxygen atoms in total. The maximum atomic E-state index is 11.7. The average molecular weight is 220 g/mol. The molecule has 2 aromatic heterocycles. The van der Waals surface area contributed by atoms with E-state index in [1.54, 1.807) is 25.4 Å². The number of nitrogens with zero attached hydrogens (tertiary/aromatic N) is 2. The standard InChI is InChI=1S/C10H12N4O2/c1-6-5-8(14-16-6)10(15)13-7(2)9-11-3-4-12-9/h3-5,7H,1-2H3,(H,11,12)(H,13,15). The van der Waals surface area contributed by atoms with E-state index in [0.29, 0.717) is 11.6 Å². The second-order valence-corrected chi connectivity index (χ2v) is 3.49. The van der Waals surface area contributed by atoms with Crippen molar-refractivity contribution in [3.63, 3.8) is 0 Å². The molecule has 0 aliphatic rings. The Hall–Kier alpha value is -2.11. The van der Waals surface area contributed by atoms with Crippen LogP contribution in [0.3, 0.4) is 0 Å². The molecule has 0 saturated heterocycles. The normalized spacial score (nSPS) is 12.4. The molecule has 16 heavy (non-hydrogen) atoms. The van der Waals surface area contributed by atoms with Crippen LogP contribution in [0.25, 0.3) is 0 Å². The molecule has 0 fully saturated rings. The van der Waals surface area contributed by atoms with Crippen LogP contribution in [0.4, 0.5) is 0 Å². The first-order chi connectivity index (χ1) is 7.66. The molecule has 0 spiro atoms. The summed E-state index contributed by atoms with van der Waals surface area (Å²) in [6, 6.07) is 1.39. The number of amides is 1. The third-order valence-electron chi connectivity index (χ3n) is 2.14. The van der Waals surface area contributed by atoms with Gasteiger partial charge < -0.3 is 14.8 Å². The van der Waals surface area contributed by atoms with Gasteiger partial charge in [-0.25, -0.2) is 4.98 Å². The molecule has 0 aliphatic carbocycles. The highest BCUT2D eigenvalue weighted by Crippen LogP contribution is 2.07. The molecule has 2 heterocycles. The number of carbonyl (C=O) groups excluding carboxylic acids is 1. The first-order valence-corrected chi connectivity index (χ1v) is 4.90. The lowest BCUT2D eigenvalue weighted by atomic mass is 10.3. The smallest absolute Gasteiger partial charge is 0.274 e. The van der Waals surface area contributed by atoms with Gasteiger partial charge in [-0.15, -0.1) is 0 Å². The molecule has 0 aromatic carbocycles. The van der Waals surface area contributed by atoms with E-state index in [0.717, 1.165) is 0 Å². The highest BCUT2D eigenvalue weighted by molar-refractivity contribution is 5.92. The molecule has 2 aromatic rings. The van der Waals surface area contributed by atoms with Gasteiger partial charge in [0.2, 0.25) is 0 Å². The second kappa shape index (κ2) is 4.18. The summed E-state index contributed by atoms with van der Waals surface area (Å²) in [6.07, 6.45) is 3.34. The average Bonchev–Trinajstić information content (AvgIpc) is 2.87. The minimum atomic E-state index is -0.277. The molecular formula is C10H12N4O2. The zero-order chi connectivity index (χ0) is 11.5. The number of carbonyl (C=O) groups is 1. The molecule has 1 amide bonds. The Kier molecular flexibility index (Phi) is 2.72. The summed E-state index contributed by atoms with van der Waals surface area (Å²) in [5.41, 5.74) is 0.274. The summed E-state index contributed by atoms with van der Waals surface area (Å²) in [7, 11) is 0. The highest BCUT2D eigenvalue weighted by atomic mass is 16.5. The third-order valence-corrected chi connectivity index (χ3v) is 2.14. The van der Waals surface area contributed by atoms with Crippen molar-refractivity contribution >= 4 is 5.91 Å². The zero-order valence-electron chi connectivity index (χ0n) is 9.02. The quantitative estimate of drug-likeness (QED) is 0.813. The van der Waals surface area contributed by atoms with E-state index in [2.05, 4.69) is 20.4 Å². The van der Waals surface area contributed by atoms with Gasteiger partial charge in [0.15, 0.2) is 5.69 Å². The van der Waals surface area contributed by atoms with E-state index >= 15 is 0 Å². The lowest BCUT2D eigenvalue weighted by molar-refractivity contribution is 0.0929. The monoisotopic (exact) mass is 220 g/mol. The van der Waals surface area contributed by atoms with Crippen molar-refractivity contribution in [2.45, 2.75) is 19.9 Å². The summed E-state index contributed by atoms with van der Waals surface area (Å²) in [6.45, 7) is 3.57. The number of H-pyrrole nitrogens is 1. The van der Waals surface area contributed by atoms with Gasteiger partial charge in [0.1, 0.15) is 11.6 Å². The molecule has 2 N–H and O–H groups in total. The van der Waals surface area contributed by atoms with Gasteiger partial charge in [-0.1, -0.05) is 5.16 Å². The lowest BCUT2D eigenvalue weighted by Crippen LogP contribution is -2.27. The van der Waals surface area contributed by atoms with Crippen molar-refractivity contribution in [3.05, 3.63) is 35.7 Å². The number of hydrogen-bond donors (Lipinski definition) is 2. The van der Waals surface area contributed by atoms with Gasteiger partial charge in [-0.2, -0.15) is 0 Å². The predicted octanol–water partition coefficient (Wildman–Crippen LogP) is 1.20. The Morgan fingerprint density at radius 1 is 1.62 bits per heavy atom. The van der Waals surface area contributed by atoms with Crippen molar-refractivity contribution in [1.29, 1.82) is 0 Å². The third kappa shape index (κ3) is 2.10. The molecular weight excluding hydrogens is 208 g/mol. The van der Waals surface area contributed by atoms with Crippen LogP contribution in [0.1, 0.15) is 35.0 Å². The predicted molar refractivity (Wildman–Crippen MR) is 55.7 cm³/mol. The van der Waals surface area contributed by atoms with Crippen molar-refractivity contribution in [2.75, 3.05) is 0 Å². The van der Waals surface area contributed by atoms with Crippen LogP contribution in [-0.4, -0.2) is 21.0 Å². The largest absolute Gasteiger partial charge is 0.361 e. The molecule has 6 heteroatoms. The number of nitrogens with one attached hydrogen (secondary N) is 2. The van der Waals surface area contributed by atoms with E-state index in [1.165, 1.54) is 0 Å². The number of aromatic amines is 1. The van der Waals surface area contributed by atoms with E-state index in [9.17, 15) is 4.79 Å². The fraction of sp³-hybridized carbons (Fsp3) is 0.300. The van der Waals surface area contributed by atoms with Crippen LogP contribution in [-0.2, 0) is 0 Å². The van der Waals surface area contributed by atoms with Crippen molar-refractivity contribution in [2.24, 2.45) is 0 Å². The Balaban J connectivity index is 2.03. The fourth-order valence-electron chi connectivity index (χ4n) is 1.33. The first-order valence-electron chi connectivity index (χ1n) is 4.90.